The summed E-state index contributed by atoms with van der Waals surface area (Å²) in [5.41, 5.74) is 0.246. The summed E-state index contributed by atoms with van der Waals surface area (Å²) in [5.74, 6) is 0.384. The van der Waals surface area contributed by atoms with E-state index in [1.165, 1.54) is 6.07 Å². The molecule has 2 N–H and O–H groups in total. The predicted octanol–water partition coefficient (Wildman–Crippen LogP) is 3.69. The van der Waals surface area contributed by atoms with Crippen LogP contribution in [-0.2, 0) is 4.79 Å². The number of anilines is 1. The van der Waals surface area contributed by atoms with Crippen LogP contribution in [0.15, 0.2) is 63.9 Å². The Bertz CT molecular complexity index is 1140. The van der Waals surface area contributed by atoms with Crippen LogP contribution in [-0.4, -0.2) is 16.5 Å². The first-order valence-corrected chi connectivity index (χ1v) is 8.42. The van der Waals surface area contributed by atoms with E-state index in [1.807, 2.05) is 0 Å². The maximum atomic E-state index is 13.0. The molecule has 27 heavy (non-hydrogen) atoms. The molecule has 0 spiro atoms. The smallest absolute Gasteiger partial charge is 0.336 e. The fourth-order valence-corrected chi connectivity index (χ4v) is 3.06. The number of phenolic OH excluding ortho intramolecular Hbond substituents is 1. The molecular weight excluding hydrogens is 346 g/mol. The number of ether oxygens (including phenoxy) is 1. The average molecular weight is 363 g/mol. The first-order chi connectivity index (χ1) is 12.8. The number of ketones is 1. The summed E-state index contributed by atoms with van der Waals surface area (Å²) in [4.78, 5) is 24.8. The lowest BCUT2D eigenvalue weighted by molar-refractivity contribution is -0.126. The third-order valence-corrected chi connectivity index (χ3v) is 4.43. The zero-order valence-corrected chi connectivity index (χ0v) is 14.8. The van der Waals surface area contributed by atoms with Crippen LogP contribution in [0.25, 0.3) is 16.5 Å². The van der Waals surface area contributed by atoms with E-state index in [1.54, 1.807) is 62.5 Å². The van der Waals surface area contributed by atoms with Crippen molar-refractivity contribution in [2.75, 3.05) is 5.32 Å². The van der Waals surface area contributed by atoms with Crippen LogP contribution in [0.1, 0.15) is 19.4 Å². The minimum Gasteiger partial charge on any atom is -0.508 e. The molecule has 0 atom stereocenters. The Kier molecular flexibility index (Phi) is 3.77. The zero-order chi connectivity index (χ0) is 19.2. The Hall–Kier alpha value is -3.54. The number of carbonyl (C=O) groups is 1. The van der Waals surface area contributed by atoms with Crippen molar-refractivity contribution in [3.63, 3.8) is 0 Å². The van der Waals surface area contributed by atoms with Gasteiger partial charge in [-0.2, -0.15) is 0 Å². The van der Waals surface area contributed by atoms with Gasteiger partial charge in [-0.15, -0.1) is 0 Å². The van der Waals surface area contributed by atoms with Crippen molar-refractivity contribution in [2.24, 2.45) is 0 Å². The minimum atomic E-state index is -1.06. The van der Waals surface area contributed by atoms with Crippen molar-refractivity contribution in [2.45, 2.75) is 19.4 Å². The van der Waals surface area contributed by atoms with Crippen molar-refractivity contribution in [1.29, 1.82) is 0 Å². The lowest BCUT2D eigenvalue weighted by Crippen LogP contribution is -2.42. The molecule has 0 saturated carbocycles. The second-order valence-electron chi connectivity index (χ2n) is 6.80. The molecule has 0 saturated heterocycles. The molecule has 0 unspecified atom stereocenters. The minimum absolute atomic E-state index is 0.148. The molecule has 1 aliphatic rings. The van der Waals surface area contributed by atoms with Crippen molar-refractivity contribution >= 4 is 28.0 Å². The van der Waals surface area contributed by atoms with E-state index in [9.17, 15) is 14.7 Å². The average Bonchev–Trinajstić information content (AvgIpc) is 2.63. The number of fused-ring (bicyclic) bond motifs is 3. The third kappa shape index (κ3) is 2.95. The van der Waals surface area contributed by atoms with Gasteiger partial charge in [-0.25, -0.2) is 4.79 Å². The highest BCUT2D eigenvalue weighted by molar-refractivity contribution is 6.28. The Balaban J connectivity index is 1.91. The third-order valence-electron chi connectivity index (χ3n) is 4.43. The summed E-state index contributed by atoms with van der Waals surface area (Å²) >= 11 is 0. The zero-order valence-electron chi connectivity index (χ0n) is 14.8. The van der Waals surface area contributed by atoms with Gasteiger partial charge in [0, 0.05) is 23.3 Å². The molecule has 0 bridgehead atoms. The van der Waals surface area contributed by atoms with E-state index in [0.29, 0.717) is 33.5 Å². The Morgan fingerprint density at radius 1 is 1.00 bits per heavy atom. The number of rotatable bonds is 2. The van der Waals surface area contributed by atoms with Gasteiger partial charge < -0.3 is 19.6 Å². The van der Waals surface area contributed by atoms with Crippen LogP contribution in [0.3, 0.4) is 0 Å². The van der Waals surface area contributed by atoms with Gasteiger partial charge in [0.05, 0.1) is 11.1 Å². The molecule has 0 radical (unpaired) electrons. The highest BCUT2D eigenvalue weighted by atomic mass is 16.5. The number of hydrogen-bond acceptors (Lipinski definition) is 6. The maximum Gasteiger partial charge on any atom is 0.336 e. The number of benzene rings is 2. The SMILES string of the molecule is CC1(C)Oc2ccc3ccc(=O)oc3c2C(=CNc2ccc(O)cc2)C1=O. The molecule has 3 aromatic rings. The summed E-state index contributed by atoms with van der Waals surface area (Å²) in [5, 5.41) is 13.2. The van der Waals surface area contributed by atoms with Gasteiger partial charge in [0.25, 0.3) is 0 Å². The largest absolute Gasteiger partial charge is 0.508 e. The predicted molar refractivity (Wildman–Crippen MR) is 102 cm³/mol. The first-order valence-electron chi connectivity index (χ1n) is 8.42. The molecule has 0 amide bonds. The summed E-state index contributed by atoms with van der Waals surface area (Å²) in [6, 6.07) is 13.0. The van der Waals surface area contributed by atoms with E-state index in [-0.39, 0.29) is 11.5 Å². The molecule has 6 heteroatoms. The number of carbonyl (C=O) groups excluding carboxylic acids is 1. The topological polar surface area (TPSA) is 88.8 Å². The molecule has 6 nitrogen and oxygen atoms in total. The van der Waals surface area contributed by atoms with Crippen LogP contribution in [0.4, 0.5) is 5.69 Å². The van der Waals surface area contributed by atoms with E-state index < -0.39 is 11.2 Å². The summed E-state index contributed by atoms with van der Waals surface area (Å²) in [7, 11) is 0. The van der Waals surface area contributed by atoms with Gasteiger partial charge in [0.15, 0.2) is 5.60 Å². The normalized spacial score (nSPS) is 16.8. The molecule has 1 aliphatic heterocycles. The van der Waals surface area contributed by atoms with Gasteiger partial charge >= 0.3 is 5.63 Å². The van der Waals surface area contributed by atoms with Crippen LogP contribution in [0.5, 0.6) is 11.5 Å². The van der Waals surface area contributed by atoms with E-state index >= 15 is 0 Å². The highest BCUT2D eigenvalue weighted by Gasteiger charge is 2.40. The van der Waals surface area contributed by atoms with Gasteiger partial charge in [0.1, 0.15) is 17.1 Å². The molecule has 2 heterocycles. The summed E-state index contributed by atoms with van der Waals surface area (Å²) < 4.78 is 11.2. The van der Waals surface area contributed by atoms with Gasteiger partial charge in [-0.05, 0) is 56.3 Å². The number of hydrogen-bond donors (Lipinski definition) is 2. The first kappa shape index (κ1) is 16.9. The lowest BCUT2D eigenvalue weighted by atomic mass is 9.87. The molecule has 0 aliphatic carbocycles. The lowest BCUT2D eigenvalue weighted by Gasteiger charge is -2.32. The van der Waals surface area contributed by atoms with Gasteiger partial charge in [-0.3, -0.25) is 4.79 Å². The van der Waals surface area contributed by atoms with Crippen molar-refractivity contribution in [1.82, 2.24) is 0 Å². The van der Waals surface area contributed by atoms with Gasteiger partial charge in [0.2, 0.25) is 5.78 Å². The fraction of sp³-hybridized carbons (Fsp3) is 0.143. The fourth-order valence-electron chi connectivity index (χ4n) is 3.06. The van der Waals surface area contributed by atoms with E-state index in [2.05, 4.69) is 5.32 Å². The van der Waals surface area contributed by atoms with Crippen LogP contribution >= 0.6 is 0 Å². The quantitative estimate of drug-likeness (QED) is 0.410. The Morgan fingerprint density at radius 3 is 2.44 bits per heavy atom. The molecular formula is C21H17NO5. The monoisotopic (exact) mass is 363 g/mol. The molecule has 4 rings (SSSR count). The van der Waals surface area contributed by atoms with Crippen molar-refractivity contribution < 1.29 is 19.1 Å². The standard InChI is InChI=1S/C21H17NO5/c1-21(2)20(25)15(11-22-13-5-7-14(23)8-6-13)18-16(27-21)9-3-12-4-10-17(24)26-19(12)18/h3-11,22-23H,1-2H3. The van der Waals surface area contributed by atoms with E-state index in [0.717, 1.165) is 0 Å². The highest BCUT2D eigenvalue weighted by Crippen LogP contribution is 2.41. The molecule has 2 aromatic carbocycles. The number of Topliss-reactive ketones (excluding diaryl/α,β-unsaturated/α-hetero) is 1. The number of phenols is 1. The van der Waals surface area contributed by atoms with E-state index in [4.69, 9.17) is 9.15 Å². The van der Waals surface area contributed by atoms with Gasteiger partial charge in [-0.1, -0.05) is 0 Å². The Labute approximate surface area is 154 Å². The summed E-state index contributed by atoms with van der Waals surface area (Å²) in [6.45, 7) is 3.38. The van der Waals surface area contributed by atoms with Crippen LogP contribution in [0, 0.1) is 0 Å². The Morgan fingerprint density at radius 2 is 1.70 bits per heavy atom. The molecule has 1 aromatic heterocycles. The van der Waals surface area contributed by atoms with Crippen LogP contribution < -0.4 is 15.7 Å². The van der Waals surface area contributed by atoms with Crippen LogP contribution in [0.2, 0.25) is 0 Å². The maximum absolute atomic E-state index is 13.0. The molecule has 136 valence electrons. The second kappa shape index (κ2) is 6.02. The number of aromatic hydroxyl groups is 1. The second-order valence-corrected chi connectivity index (χ2v) is 6.80. The summed E-state index contributed by atoms with van der Waals surface area (Å²) in [6.07, 6.45) is 1.57. The number of nitrogens with one attached hydrogen (secondary N) is 1. The molecule has 0 fully saturated rings. The van der Waals surface area contributed by atoms with Crippen molar-refractivity contribution in [3.8, 4) is 11.5 Å². The van der Waals surface area contributed by atoms with Crippen molar-refractivity contribution in [3.05, 3.63) is 70.7 Å².